The third-order valence-corrected chi connectivity index (χ3v) is 6.83. The van der Waals surface area contributed by atoms with Crippen LogP contribution in [0.5, 0.6) is 0 Å². The summed E-state index contributed by atoms with van der Waals surface area (Å²) in [5, 5.41) is 27.1. The Hall–Kier alpha value is -3.32. The summed E-state index contributed by atoms with van der Waals surface area (Å²) in [7, 11) is 1.91. The lowest BCUT2D eigenvalue weighted by Crippen LogP contribution is -2.40. The number of aromatic nitrogens is 4. The highest BCUT2D eigenvalue weighted by molar-refractivity contribution is 5.81. The number of aliphatic hydroxyl groups is 2. The van der Waals surface area contributed by atoms with E-state index < -0.39 is 24.5 Å². The van der Waals surface area contributed by atoms with Crippen LogP contribution < -0.4 is 16.4 Å². The highest BCUT2D eigenvalue weighted by Gasteiger charge is 2.44. The molecular weight excluding hydrogens is 464 g/mol. The number of urea groups is 1. The van der Waals surface area contributed by atoms with E-state index in [1.54, 1.807) is 4.57 Å². The van der Waals surface area contributed by atoms with Crippen molar-refractivity contribution in [3.63, 3.8) is 0 Å². The van der Waals surface area contributed by atoms with E-state index in [1.165, 1.54) is 18.2 Å². The first-order valence-electron chi connectivity index (χ1n) is 12.1. The summed E-state index contributed by atoms with van der Waals surface area (Å²) in [6.07, 6.45) is 0.818. The summed E-state index contributed by atoms with van der Waals surface area (Å²) >= 11 is 0. The SMILES string of the molecule is CN(CCCNC(=O)NC1CC1c1ccccc1)CC1OC(n2cnc3c(N)ncnc32)C(O)C1O. The number of nitrogens with one attached hydrogen (secondary N) is 2. The zero-order valence-corrected chi connectivity index (χ0v) is 20.1. The van der Waals surface area contributed by atoms with Gasteiger partial charge in [-0.2, -0.15) is 0 Å². The fraction of sp³-hybridized carbons (Fsp3) is 0.500. The van der Waals surface area contributed by atoms with Crippen molar-refractivity contribution in [3.8, 4) is 0 Å². The molecule has 0 radical (unpaired) electrons. The standard InChI is InChI=1S/C24H32N8O4/c1-31(9-5-8-26-24(35)30-16-10-15(16)14-6-3-2-4-7-14)11-17-19(33)20(34)23(36-17)32-13-29-18-21(25)27-12-28-22(18)32/h2-4,6-7,12-13,15-17,19-20,23,33-34H,5,8-11H2,1H3,(H2,25,27,28)(H2,26,30,35). The van der Waals surface area contributed by atoms with Crippen molar-refractivity contribution in [1.82, 2.24) is 35.1 Å². The maximum Gasteiger partial charge on any atom is 0.315 e. The molecule has 6 unspecified atom stereocenters. The van der Waals surface area contributed by atoms with Crippen LogP contribution >= 0.6 is 0 Å². The Morgan fingerprint density at radius 1 is 1.22 bits per heavy atom. The number of nitrogen functional groups attached to an aromatic ring is 1. The summed E-state index contributed by atoms with van der Waals surface area (Å²) < 4.78 is 7.55. The Morgan fingerprint density at radius 2 is 2.03 bits per heavy atom. The number of amides is 2. The van der Waals surface area contributed by atoms with Crippen molar-refractivity contribution < 1.29 is 19.7 Å². The Labute approximate surface area is 208 Å². The molecule has 36 heavy (non-hydrogen) atoms. The first kappa shape index (κ1) is 24.4. The van der Waals surface area contributed by atoms with E-state index >= 15 is 0 Å². The predicted octanol–water partition coefficient (Wildman–Crippen LogP) is 0.205. The molecule has 1 saturated heterocycles. The van der Waals surface area contributed by atoms with E-state index in [9.17, 15) is 15.0 Å². The third-order valence-electron chi connectivity index (χ3n) is 6.83. The number of carbonyl (C=O) groups is 1. The Balaban J connectivity index is 1.04. The molecular formula is C24H32N8O4. The molecule has 3 heterocycles. The predicted molar refractivity (Wildman–Crippen MR) is 132 cm³/mol. The van der Waals surface area contributed by atoms with Gasteiger partial charge >= 0.3 is 6.03 Å². The van der Waals surface area contributed by atoms with E-state index in [2.05, 4.69) is 37.7 Å². The van der Waals surface area contributed by atoms with Crippen molar-refractivity contribution in [2.24, 2.45) is 0 Å². The lowest BCUT2D eigenvalue weighted by molar-refractivity contribution is -0.0421. The smallest absolute Gasteiger partial charge is 0.315 e. The van der Waals surface area contributed by atoms with Crippen molar-refractivity contribution in [1.29, 1.82) is 0 Å². The van der Waals surface area contributed by atoms with Gasteiger partial charge in [0.2, 0.25) is 0 Å². The molecule has 5 rings (SSSR count). The molecule has 1 aliphatic heterocycles. The number of fused-ring (bicyclic) bond motifs is 1. The third kappa shape index (κ3) is 5.12. The number of ether oxygens (including phenoxy) is 1. The number of anilines is 1. The number of aliphatic hydroxyl groups excluding tert-OH is 2. The topological polar surface area (TPSA) is 164 Å². The van der Waals surface area contributed by atoms with Crippen LogP contribution in [0.25, 0.3) is 11.2 Å². The van der Waals surface area contributed by atoms with Crippen LogP contribution in [-0.4, -0.2) is 91.7 Å². The van der Waals surface area contributed by atoms with Crippen LogP contribution in [0.4, 0.5) is 10.6 Å². The van der Waals surface area contributed by atoms with E-state index in [0.29, 0.717) is 36.7 Å². The summed E-state index contributed by atoms with van der Waals surface area (Å²) in [5.74, 6) is 0.628. The average Bonchev–Trinajstić information content (AvgIpc) is 3.41. The van der Waals surface area contributed by atoms with Crippen LogP contribution in [0.1, 0.15) is 30.6 Å². The molecule has 2 amide bonds. The van der Waals surface area contributed by atoms with Gasteiger partial charge in [0.05, 0.1) is 6.33 Å². The second kappa shape index (κ2) is 10.3. The highest BCUT2D eigenvalue weighted by Crippen LogP contribution is 2.40. The second-order valence-corrected chi connectivity index (χ2v) is 9.50. The second-order valence-electron chi connectivity index (χ2n) is 9.50. The van der Waals surface area contributed by atoms with Gasteiger partial charge in [-0.05, 0) is 32.0 Å². The minimum absolute atomic E-state index is 0.154. The Kier molecular flexibility index (Phi) is 7.01. The van der Waals surface area contributed by atoms with Crippen molar-refractivity contribution in [2.45, 2.75) is 49.3 Å². The average molecular weight is 497 g/mol. The number of rotatable bonds is 9. The van der Waals surface area contributed by atoms with E-state index in [1.807, 2.05) is 30.1 Å². The molecule has 192 valence electrons. The van der Waals surface area contributed by atoms with Gasteiger partial charge in [0.15, 0.2) is 17.7 Å². The first-order valence-corrected chi connectivity index (χ1v) is 12.1. The number of carbonyl (C=O) groups excluding carboxylic acids is 1. The fourth-order valence-corrected chi connectivity index (χ4v) is 4.76. The number of hydrogen-bond donors (Lipinski definition) is 5. The lowest BCUT2D eigenvalue weighted by Gasteiger charge is -2.22. The van der Waals surface area contributed by atoms with Gasteiger partial charge in [0.1, 0.15) is 30.2 Å². The van der Waals surface area contributed by atoms with Crippen LogP contribution in [0.15, 0.2) is 43.0 Å². The van der Waals surface area contributed by atoms with Gasteiger partial charge in [0.25, 0.3) is 0 Å². The normalized spacial score (nSPS) is 27.4. The summed E-state index contributed by atoms with van der Waals surface area (Å²) in [6, 6.07) is 10.2. The zero-order valence-electron chi connectivity index (χ0n) is 20.1. The number of imidazole rings is 1. The number of likely N-dealkylation sites (N-methyl/N-ethyl adjacent to an activating group) is 1. The Bertz CT molecular complexity index is 1190. The van der Waals surface area contributed by atoms with Gasteiger partial charge in [-0.3, -0.25) is 4.57 Å². The van der Waals surface area contributed by atoms with E-state index in [-0.39, 0.29) is 17.9 Å². The molecule has 3 aromatic rings. The van der Waals surface area contributed by atoms with Crippen molar-refractivity contribution in [2.75, 3.05) is 32.4 Å². The number of nitrogens with zero attached hydrogens (tertiary/aromatic N) is 5. The molecule has 2 aliphatic rings. The molecule has 0 bridgehead atoms. The van der Waals surface area contributed by atoms with Crippen LogP contribution in [-0.2, 0) is 4.74 Å². The van der Waals surface area contributed by atoms with E-state index in [0.717, 1.165) is 12.8 Å². The van der Waals surface area contributed by atoms with Crippen molar-refractivity contribution >= 4 is 23.0 Å². The summed E-state index contributed by atoms with van der Waals surface area (Å²) in [5.41, 5.74) is 7.94. The van der Waals surface area contributed by atoms with Crippen LogP contribution in [0.3, 0.4) is 0 Å². The quantitative estimate of drug-likeness (QED) is 0.260. The minimum Gasteiger partial charge on any atom is -0.387 e. The molecule has 0 spiro atoms. The molecule has 1 saturated carbocycles. The molecule has 2 fully saturated rings. The highest BCUT2D eigenvalue weighted by atomic mass is 16.6. The van der Waals surface area contributed by atoms with Gasteiger partial charge in [-0.15, -0.1) is 0 Å². The van der Waals surface area contributed by atoms with Gasteiger partial charge < -0.3 is 36.2 Å². The first-order chi connectivity index (χ1) is 17.4. The largest absolute Gasteiger partial charge is 0.387 e. The van der Waals surface area contributed by atoms with Gasteiger partial charge in [-0.25, -0.2) is 19.7 Å². The molecule has 1 aromatic carbocycles. The minimum atomic E-state index is -1.15. The van der Waals surface area contributed by atoms with Crippen molar-refractivity contribution in [3.05, 3.63) is 48.5 Å². The van der Waals surface area contributed by atoms with Gasteiger partial charge in [0, 0.05) is 25.0 Å². The van der Waals surface area contributed by atoms with E-state index in [4.69, 9.17) is 10.5 Å². The van der Waals surface area contributed by atoms with Crippen LogP contribution in [0.2, 0.25) is 0 Å². The summed E-state index contributed by atoms with van der Waals surface area (Å²) in [4.78, 5) is 26.5. The Morgan fingerprint density at radius 3 is 2.83 bits per heavy atom. The maximum absolute atomic E-state index is 12.2. The molecule has 1 aliphatic carbocycles. The zero-order chi connectivity index (χ0) is 25.2. The molecule has 12 heteroatoms. The molecule has 6 N–H and O–H groups in total. The maximum atomic E-state index is 12.2. The number of benzene rings is 1. The number of hydrogen-bond acceptors (Lipinski definition) is 9. The summed E-state index contributed by atoms with van der Waals surface area (Å²) in [6.45, 7) is 1.62. The fourth-order valence-electron chi connectivity index (χ4n) is 4.76. The lowest BCUT2D eigenvalue weighted by atomic mass is 10.1. The molecule has 12 nitrogen and oxygen atoms in total. The van der Waals surface area contributed by atoms with Crippen LogP contribution in [0, 0.1) is 0 Å². The number of nitrogens with two attached hydrogens (primary N) is 1. The van der Waals surface area contributed by atoms with Gasteiger partial charge in [-0.1, -0.05) is 30.3 Å². The molecule has 6 atom stereocenters. The monoisotopic (exact) mass is 496 g/mol. The molecule has 2 aromatic heterocycles.